The summed E-state index contributed by atoms with van der Waals surface area (Å²) < 4.78 is 41.7. The molecule has 7 aliphatic rings. The van der Waals surface area contributed by atoms with Gasteiger partial charge in [-0.3, -0.25) is 0 Å². The maximum absolute atomic E-state index is 12.8. The van der Waals surface area contributed by atoms with Crippen molar-refractivity contribution in [3.63, 3.8) is 0 Å². The number of hydrogen-bond donors (Lipinski definition) is 0. The van der Waals surface area contributed by atoms with Crippen molar-refractivity contribution in [2.24, 2.45) is 17.3 Å². The first-order chi connectivity index (χ1) is 16.3. The monoisotopic (exact) mass is 476 g/mol. The Bertz CT molecular complexity index is 1010. The maximum Gasteiger partial charge on any atom is 0.508 e. The van der Waals surface area contributed by atoms with Gasteiger partial charge in [-0.15, -0.1) is 0 Å². The third kappa shape index (κ3) is 2.22. The van der Waals surface area contributed by atoms with Gasteiger partial charge in [-0.25, -0.2) is 9.59 Å². The fourth-order valence-electron chi connectivity index (χ4n) is 8.30. The summed E-state index contributed by atoms with van der Waals surface area (Å²) in [4.78, 5) is 25.1. The van der Waals surface area contributed by atoms with Crippen molar-refractivity contribution in [1.82, 2.24) is 0 Å². The molecule has 0 radical (unpaired) electrons. The predicted molar refractivity (Wildman–Crippen MR) is 114 cm³/mol. The smallest absolute Gasteiger partial charge is 0.458 e. The first-order valence-corrected chi connectivity index (χ1v) is 12.6. The zero-order valence-corrected chi connectivity index (χ0v) is 20.1. The Kier molecular flexibility index (Phi) is 4.16. The van der Waals surface area contributed by atoms with E-state index in [1.807, 2.05) is 6.92 Å². The first kappa shape index (κ1) is 21.6. The molecule has 0 aromatic rings. The van der Waals surface area contributed by atoms with E-state index in [0.717, 1.165) is 24.0 Å². The molecule has 0 N–H and O–H groups in total. The molecule has 9 heteroatoms. The molecule has 0 bridgehead atoms. The van der Waals surface area contributed by atoms with Crippen molar-refractivity contribution in [2.45, 2.75) is 88.2 Å². The second-order valence-corrected chi connectivity index (χ2v) is 11.3. The Morgan fingerprint density at radius 1 is 1.18 bits per heavy atom. The standard InChI is InChI=1S/C25H32O9/c1-5-28-8-9-29-21(27)31-20-23(12(2)3)17(33-23)18-25(34-18)22(4)7-6-13-14(11-30-19(13)26)15(22)10-16-24(20,25)32-16/h12,15-18,20H,5-11H2,1-4H3/t15-,16-,17-,18-,20+,22-,23-,24+,25+/m0/s1. The highest BCUT2D eigenvalue weighted by Gasteiger charge is 3.01. The number of carbonyl (C=O) groups excluding carboxylic acids is 2. The number of epoxide rings is 3. The zero-order valence-electron chi connectivity index (χ0n) is 20.1. The van der Waals surface area contributed by atoms with E-state index in [2.05, 4.69) is 20.8 Å². The Labute approximate surface area is 198 Å². The van der Waals surface area contributed by atoms with Crippen LogP contribution in [0.2, 0.25) is 0 Å². The lowest BCUT2D eigenvalue weighted by atomic mass is 9.46. The Balaban J connectivity index is 1.24. The lowest BCUT2D eigenvalue weighted by Crippen LogP contribution is -2.70. The van der Waals surface area contributed by atoms with E-state index in [1.165, 1.54) is 0 Å². The van der Waals surface area contributed by atoms with Gasteiger partial charge >= 0.3 is 12.1 Å². The average molecular weight is 477 g/mol. The van der Waals surface area contributed by atoms with E-state index in [1.54, 1.807) is 0 Å². The number of fused-ring (bicyclic) bond motifs is 4. The highest BCUT2D eigenvalue weighted by atomic mass is 16.8. The van der Waals surface area contributed by atoms with Crippen molar-refractivity contribution in [3.8, 4) is 0 Å². The third-order valence-electron chi connectivity index (χ3n) is 9.93. The molecule has 0 aromatic heterocycles. The molecule has 0 unspecified atom stereocenters. The SMILES string of the molecule is CCOCCOC(=O)O[C@@H]1[C@@]2(C(C)C)O[C@H]2[C@@H]2O[C@]23[C@]12O[C@H]2C[C@H]1C2=C(CC[C@@]13C)C(=O)OC2. The van der Waals surface area contributed by atoms with Gasteiger partial charge in [0.15, 0.2) is 11.7 Å². The Hall–Kier alpha value is -1.68. The molecule has 3 aliphatic carbocycles. The largest absolute Gasteiger partial charge is 0.508 e. The van der Waals surface area contributed by atoms with E-state index in [4.69, 9.17) is 33.2 Å². The molecule has 3 saturated heterocycles. The fraction of sp³-hybridized carbons (Fsp3) is 0.840. The number of rotatable bonds is 6. The number of hydrogen-bond acceptors (Lipinski definition) is 9. The molecule has 5 fully saturated rings. The summed E-state index contributed by atoms with van der Waals surface area (Å²) in [5.41, 5.74) is -0.351. The van der Waals surface area contributed by atoms with Crippen LogP contribution in [0.5, 0.6) is 0 Å². The zero-order chi connectivity index (χ0) is 23.7. The van der Waals surface area contributed by atoms with Crippen LogP contribution in [-0.2, 0) is 38.0 Å². The molecule has 9 nitrogen and oxygen atoms in total. The first-order valence-electron chi connectivity index (χ1n) is 12.6. The van der Waals surface area contributed by atoms with Gasteiger partial charge in [0.25, 0.3) is 0 Å². The lowest BCUT2D eigenvalue weighted by molar-refractivity contribution is -0.136. The molecule has 34 heavy (non-hydrogen) atoms. The Morgan fingerprint density at radius 3 is 2.76 bits per heavy atom. The second-order valence-electron chi connectivity index (χ2n) is 11.3. The highest BCUT2D eigenvalue weighted by molar-refractivity contribution is 5.92. The molecule has 7 rings (SSSR count). The lowest BCUT2D eigenvalue weighted by Gasteiger charge is -2.53. The van der Waals surface area contributed by atoms with E-state index in [-0.39, 0.29) is 48.1 Å². The van der Waals surface area contributed by atoms with Crippen LogP contribution in [0.1, 0.15) is 47.0 Å². The molecule has 0 aromatic carbocycles. The third-order valence-corrected chi connectivity index (χ3v) is 9.93. The molecule has 4 heterocycles. The summed E-state index contributed by atoms with van der Waals surface area (Å²) >= 11 is 0. The summed E-state index contributed by atoms with van der Waals surface area (Å²) in [6.07, 6.45) is 0.467. The number of carbonyl (C=O) groups is 2. The van der Waals surface area contributed by atoms with E-state index in [9.17, 15) is 9.59 Å². The van der Waals surface area contributed by atoms with Crippen LogP contribution in [-0.4, -0.2) is 79.8 Å². The average Bonchev–Trinajstić information content (AvgIpc) is 3.70. The number of esters is 1. The molecular weight excluding hydrogens is 444 g/mol. The molecule has 2 spiro atoms. The highest BCUT2D eigenvalue weighted by Crippen LogP contribution is 2.83. The summed E-state index contributed by atoms with van der Waals surface area (Å²) in [5.74, 6) is 0.0602. The fourth-order valence-corrected chi connectivity index (χ4v) is 8.30. The number of ether oxygens (including phenoxy) is 7. The minimum Gasteiger partial charge on any atom is -0.458 e. The van der Waals surface area contributed by atoms with Crippen LogP contribution in [0.4, 0.5) is 4.79 Å². The van der Waals surface area contributed by atoms with Gasteiger partial charge in [0.05, 0.1) is 12.7 Å². The van der Waals surface area contributed by atoms with Crippen molar-refractivity contribution in [3.05, 3.63) is 11.1 Å². The van der Waals surface area contributed by atoms with Crippen LogP contribution in [0.15, 0.2) is 11.1 Å². The van der Waals surface area contributed by atoms with Gasteiger partial charge in [0.2, 0.25) is 0 Å². The van der Waals surface area contributed by atoms with Crippen molar-refractivity contribution < 1.29 is 42.7 Å². The van der Waals surface area contributed by atoms with Gasteiger partial charge in [0.1, 0.15) is 36.6 Å². The maximum atomic E-state index is 12.8. The van der Waals surface area contributed by atoms with Crippen LogP contribution < -0.4 is 0 Å². The van der Waals surface area contributed by atoms with Crippen LogP contribution in [0, 0.1) is 17.3 Å². The second kappa shape index (κ2) is 6.55. The van der Waals surface area contributed by atoms with Crippen LogP contribution >= 0.6 is 0 Å². The van der Waals surface area contributed by atoms with E-state index in [0.29, 0.717) is 26.2 Å². The predicted octanol–water partition coefficient (Wildman–Crippen LogP) is 2.30. The molecule has 0 amide bonds. The summed E-state index contributed by atoms with van der Waals surface area (Å²) in [6, 6.07) is 0. The van der Waals surface area contributed by atoms with Crippen molar-refractivity contribution in [1.29, 1.82) is 0 Å². The minimum absolute atomic E-state index is 0.104. The van der Waals surface area contributed by atoms with Gasteiger partial charge in [-0.1, -0.05) is 20.8 Å². The van der Waals surface area contributed by atoms with Crippen LogP contribution in [0.3, 0.4) is 0 Å². The molecular formula is C25H32O9. The van der Waals surface area contributed by atoms with Crippen molar-refractivity contribution >= 4 is 12.1 Å². The molecule has 186 valence electrons. The number of cyclic esters (lactones) is 1. The van der Waals surface area contributed by atoms with E-state index < -0.39 is 29.1 Å². The summed E-state index contributed by atoms with van der Waals surface area (Å²) in [6.45, 7) is 9.69. The van der Waals surface area contributed by atoms with Gasteiger partial charge < -0.3 is 33.2 Å². The quantitative estimate of drug-likeness (QED) is 0.324. The topological polar surface area (TPSA) is 109 Å². The van der Waals surface area contributed by atoms with Gasteiger partial charge in [0, 0.05) is 17.6 Å². The van der Waals surface area contributed by atoms with Crippen LogP contribution in [0.25, 0.3) is 0 Å². The van der Waals surface area contributed by atoms with Gasteiger partial charge in [-0.05, 0) is 43.6 Å². The molecule has 2 saturated carbocycles. The molecule has 4 aliphatic heterocycles. The summed E-state index contributed by atoms with van der Waals surface area (Å²) in [7, 11) is 0. The Morgan fingerprint density at radius 2 is 2.00 bits per heavy atom. The summed E-state index contributed by atoms with van der Waals surface area (Å²) in [5, 5.41) is 0. The molecule has 9 atom stereocenters. The van der Waals surface area contributed by atoms with Crippen molar-refractivity contribution in [2.75, 3.05) is 26.4 Å². The van der Waals surface area contributed by atoms with Gasteiger partial charge in [-0.2, -0.15) is 0 Å². The minimum atomic E-state index is -0.763. The van der Waals surface area contributed by atoms with E-state index >= 15 is 0 Å². The normalized spacial score (nSPS) is 50.7.